The molecule has 0 aliphatic carbocycles. The van der Waals surface area contributed by atoms with Crippen LogP contribution in [0.4, 0.5) is 0 Å². The van der Waals surface area contributed by atoms with Crippen LogP contribution in [0.15, 0.2) is 62.1 Å². The fourth-order valence-corrected chi connectivity index (χ4v) is 1.56. The summed E-state index contributed by atoms with van der Waals surface area (Å²) < 4.78 is 4.14. The van der Waals surface area contributed by atoms with E-state index in [0.717, 1.165) is 12.2 Å². The van der Waals surface area contributed by atoms with Gasteiger partial charge < -0.3 is 24.8 Å². The topological polar surface area (TPSA) is 7.76 Å². The Morgan fingerprint density at radius 2 is 1.57 bits per heavy atom. The number of aryl methyl sites for hydroxylation is 2. The number of hydrogen-bond acceptors (Lipinski definition) is 0. The van der Waals surface area contributed by atoms with Crippen LogP contribution in [-0.2, 0) is 13.6 Å². The summed E-state index contributed by atoms with van der Waals surface area (Å²) in [7, 11) is 2.00. The first kappa shape index (κ1) is 21.7. The predicted molar refractivity (Wildman–Crippen MR) is 80.1 cm³/mol. The number of hydrogen-bond donors (Lipinski definition) is 0. The average Bonchev–Trinajstić information content (AvgIpc) is 2.48. The minimum Gasteiger partial charge on any atom is -1.00 e. The van der Waals surface area contributed by atoms with Gasteiger partial charge >= 0.3 is 0 Å². The van der Waals surface area contributed by atoms with Crippen molar-refractivity contribution in [3.63, 3.8) is 0 Å². The third-order valence-corrected chi connectivity index (χ3v) is 2.82. The summed E-state index contributed by atoms with van der Waals surface area (Å²) >= 11 is 0. The van der Waals surface area contributed by atoms with Gasteiger partial charge in [-0.1, -0.05) is 19.2 Å². The molecule has 114 valence electrons. The third-order valence-electron chi connectivity index (χ3n) is 2.82. The van der Waals surface area contributed by atoms with Crippen LogP contribution < -0.4 is 33.9 Å². The molecule has 0 atom stereocenters. The van der Waals surface area contributed by atoms with Gasteiger partial charge in [-0.3, -0.25) is 0 Å². The van der Waals surface area contributed by atoms with Crippen LogP contribution in [0.5, 0.6) is 0 Å². The van der Waals surface area contributed by atoms with Crippen LogP contribution in [0, 0.1) is 0 Å². The molecule has 2 nitrogen and oxygen atoms in total. The van der Waals surface area contributed by atoms with Gasteiger partial charge in [-0.15, -0.1) is 0 Å². The van der Waals surface area contributed by atoms with Gasteiger partial charge in [0.2, 0.25) is 5.69 Å². The Morgan fingerprint density at radius 1 is 0.952 bits per heavy atom. The third kappa shape index (κ3) is 7.64. The molecular weight excluding hydrogens is 303 g/mol. The molecule has 0 aliphatic heterocycles. The molecule has 4 heteroatoms. The van der Waals surface area contributed by atoms with Crippen molar-refractivity contribution in [1.29, 1.82) is 0 Å². The molecule has 0 spiro atoms. The Bertz CT molecular complexity index is 537. The van der Waals surface area contributed by atoms with Gasteiger partial charge in [0.25, 0.3) is 0 Å². The fraction of sp³-hybridized carbons (Fsp3) is 0.176. The zero-order valence-corrected chi connectivity index (χ0v) is 14.1. The molecule has 0 fully saturated rings. The first-order valence-corrected chi connectivity index (χ1v) is 6.40. The fourth-order valence-electron chi connectivity index (χ4n) is 1.56. The predicted octanol–water partition coefficient (Wildman–Crippen LogP) is -3.20. The zero-order chi connectivity index (χ0) is 14.1. The lowest BCUT2D eigenvalue weighted by atomic mass is 10.3. The van der Waals surface area contributed by atoms with Crippen LogP contribution in [0.2, 0.25) is 0 Å². The number of halogens is 2. The Hall–Kier alpha value is -1.64. The summed E-state index contributed by atoms with van der Waals surface area (Å²) in [6, 6.07) is 10.1. The monoisotopic (exact) mass is 324 g/mol. The minimum absolute atomic E-state index is 0. The van der Waals surface area contributed by atoms with Gasteiger partial charge in [-0.05, 0) is 18.6 Å². The van der Waals surface area contributed by atoms with Gasteiger partial charge in [-0.25, -0.2) is 9.13 Å². The maximum atomic E-state index is 3.68. The number of nitrogens with zero attached hydrogens (tertiary/aromatic N) is 2. The second-order valence-corrected chi connectivity index (χ2v) is 4.11. The number of pyridine rings is 2. The summed E-state index contributed by atoms with van der Waals surface area (Å²) in [6.45, 7) is 10.5. The maximum Gasteiger partial charge on any atom is 0.204 e. The van der Waals surface area contributed by atoms with Crippen molar-refractivity contribution in [2.24, 2.45) is 7.05 Å². The van der Waals surface area contributed by atoms with Crippen molar-refractivity contribution in [3.8, 4) is 0 Å². The SMILES string of the molecule is C=Cc1cc[n+](CC)cc1.C=Cc1cccc[n+]1C.[Cl-].[Cl-]. The smallest absolute Gasteiger partial charge is 0.204 e. The van der Waals surface area contributed by atoms with E-state index in [0.29, 0.717) is 0 Å². The number of rotatable bonds is 3. The second kappa shape index (κ2) is 12.1. The van der Waals surface area contributed by atoms with Crippen molar-refractivity contribution in [1.82, 2.24) is 0 Å². The Morgan fingerprint density at radius 3 is 1.95 bits per heavy atom. The highest BCUT2D eigenvalue weighted by atomic mass is 35.5. The van der Waals surface area contributed by atoms with Crippen LogP contribution in [-0.4, -0.2) is 0 Å². The highest BCUT2D eigenvalue weighted by molar-refractivity contribution is 5.44. The van der Waals surface area contributed by atoms with Crippen LogP contribution in [0.3, 0.4) is 0 Å². The number of aromatic nitrogens is 2. The summed E-state index contributed by atoms with van der Waals surface area (Å²) in [5.41, 5.74) is 2.31. The molecule has 0 saturated carbocycles. The summed E-state index contributed by atoms with van der Waals surface area (Å²) in [5.74, 6) is 0. The maximum absolute atomic E-state index is 3.68. The van der Waals surface area contributed by atoms with E-state index < -0.39 is 0 Å². The largest absolute Gasteiger partial charge is 1.00 e. The summed E-state index contributed by atoms with van der Waals surface area (Å²) in [4.78, 5) is 0. The van der Waals surface area contributed by atoms with E-state index in [1.54, 1.807) is 0 Å². The quantitative estimate of drug-likeness (QED) is 0.525. The Kier molecular flexibility index (Phi) is 12.5. The molecule has 0 bridgehead atoms. The molecule has 21 heavy (non-hydrogen) atoms. The first-order valence-electron chi connectivity index (χ1n) is 6.40. The standard InChI is InChI=1S/C9H12N.C8H10N.2ClH/c1-3-9-5-7-10(4-2)8-6-9;1-3-8-6-4-5-7-9(8)2;;/h3,5-8H,1,4H2,2H3;3-7H,1H2,2H3;2*1H/q2*+1;;/p-2. The molecule has 0 aliphatic rings. The van der Waals surface area contributed by atoms with Crippen LogP contribution >= 0.6 is 0 Å². The van der Waals surface area contributed by atoms with Crippen molar-refractivity contribution in [2.75, 3.05) is 0 Å². The van der Waals surface area contributed by atoms with Gasteiger partial charge in [0.15, 0.2) is 18.6 Å². The lowest BCUT2D eigenvalue weighted by molar-refractivity contribution is -0.693. The molecule has 0 N–H and O–H groups in total. The summed E-state index contributed by atoms with van der Waals surface area (Å²) in [6.07, 6.45) is 9.78. The normalized spacial score (nSPS) is 8.29. The van der Waals surface area contributed by atoms with Gasteiger partial charge in [-0.2, -0.15) is 0 Å². The molecule has 0 amide bonds. The summed E-state index contributed by atoms with van der Waals surface area (Å²) in [5, 5.41) is 0. The molecule has 0 saturated heterocycles. The van der Waals surface area contributed by atoms with E-state index >= 15 is 0 Å². The molecular formula is C17H22Cl2N2. The van der Waals surface area contributed by atoms with Crippen LogP contribution in [0.1, 0.15) is 18.2 Å². The average molecular weight is 325 g/mol. The van der Waals surface area contributed by atoms with E-state index in [1.165, 1.54) is 5.56 Å². The van der Waals surface area contributed by atoms with E-state index in [4.69, 9.17) is 0 Å². The molecule has 0 unspecified atom stereocenters. The van der Waals surface area contributed by atoms with Crippen LogP contribution in [0.25, 0.3) is 12.2 Å². The molecule has 0 radical (unpaired) electrons. The zero-order valence-electron chi connectivity index (χ0n) is 12.5. The first-order chi connectivity index (χ1) is 9.21. The highest BCUT2D eigenvalue weighted by Gasteiger charge is 1.95. The molecule has 2 aromatic rings. The molecule has 2 rings (SSSR count). The van der Waals surface area contributed by atoms with Gasteiger partial charge in [0.05, 0.1) is 0 Å². The Labute approximate surface area is 140 Å². The molecule has 2 aromatic heterocycles. The Balaban J connectivity index is 0. The minimum atomic E-state index is 0. The van der Waals surface area contributed by atoms with E-state index in [9.17, 15) is 0 Å². The van der Waals surface area contributed by atoms with Gasteiger partial charge in [0.1, 0.15) is 13.6 Å². The van der Waals surface area contributed by atoms with Crippen molar-refractivity contribution in [3.05, 3.63) is 73.3 Å². The van der Waals surface area contributed by atoms with E-state index in [1.807, 2.05) is 48.2 Å². The lowest BCUT2D eigenvalue weighted by Crippen LogP contribution is -3.00. The second-order valence-electron chi connectivity index (χ2n) is 4.11. The lowest BCUT2D eigenvalue weighted by Gasteiger charge is -1.90. The van der Waals surface area contributed by atoms with Crippen molar-refractivity contribution >= 4 is 12.2 Å². The van der Waals surface area contributed by atoms with E-state index in [-0.39, 0.29) is 24.8 Å². The molecule has 2 heterocycles. The van der Waals surface area contributed by atoms with Gasteiger partial charge in [0, 0.05) is 30.3 Å². The molecule has 0 aromatic carbocycles. The van der Waals surface area contributed by atoms with Crippen molar-refractivity contribution in [2.45, 2.75) is 13.5 Å². The highest BCUT2D eigenvalue weighted by Crippen LogP contribution is 1.94. The van der Waals surface area contributed by atoms with E-state index in [2.05, 4.69) is 49.2 Å². The van der Waals surface area contributed by atoms with Crippen molar-refractivity contribution < 1.29 is 33.9 Å².